The van der Waals surface area contributed by atoms with Gasteiger partial charge < -0.3 is 14.6 Å². The molecule has 1 aliphatic rings. The Morgan fingerprint density at radius 2 is 1.74 bits per heavy atom. The Labute approximate surface area is 205 Å². The van der Waals surface area contributed by atoms with E-state index in [1.807, 2.05) is 38.1 Å². The number of hydrogen-bond acceptors (Lipinski definition) is 7. The molecule has 0 saturated carbocycles. The van der Waals surface area contributed by atoms with Crippen LogP contribution in [0.5, 0.6) is 5.75 Å². The molecule has 4 rings (SSSR count). The molecule has 0 radical (unpaired) electrons. The molecule has 1 aromatic heterocycles. The molecule has 0 spiro atoms. The van der Waals surface area contributed by atoms with E-state index < -0.39 is 10.0 Å². The van der Waals surface area contributed by atoms with Crippen LogP contribution in [0.4, 0.5) is 5.69 Å². The maximum absolute atomic E-state index is 13.1. The van der Waals surface area contributed by atoms with Gasteiger partial charge in [-0.1, -0.05) is 11.6 Å². The monoisotopic (exact) mass is 498 g/mol. The van der Waals surface area contributed by atoms with Crippen molar-refractivity contribution in [3.05, 3.63) is 54.4 Å². The number of carbonyl (C=O) groups is 1. The summed E-state index contributed by atoms with van der Waals surface area (Å²) in [5.41, 5.74) is 1.31. The molecule has 9 nitrogen and oxygen atoms in total. The van der Waals surface area contributed by atoms with E-state index in [1.165, 1.54) is 12.1 Å². The number of nitrogens with zero attached hydrogens (tertiary/aromatic N) is 3. The summed E-state index contributed by atoms with van der Waals surface area (Å²) in [7, 11) is -1.99. The molecule has 0 bridgehead atoms. The first-order valence-corrected chi connectivity index (χ1v) is 13.1. The van der Waals surface area contributed by atoms with Crippen LogP contribution in [0.15, 0.2) is 57.9 Å². The van der Waals surface area contributed by atoms with Gasteiger partial charge in [0.2, 0.25) is 27.6 Å². The summed E-state index contributed by atoms with van der Waals surface area (Å²) in [5.74, 6) is 1.30. The van der Waals surface area contributed by atoms with E-state index in [-0.39, 0.29) is 35.7 Å². The van der Waals surface area contributed by atoms with Gasteiger partial charge in [0.25, 0.3) is 0 Å². The molecule has 1 N–H and O–H groups in total. The second kappa shape index (κ2) is 10.6. The highest BCUT2D eigenvalue weighted by Gasteiger charge is 2.35. The number of aromatic nitrogens is 2. The molecule has 0 aliphatic carbocycles. The van der Waals surface area contributed by atoms with Crippen molar-refractivity contribution in [1.29, 1.82) is 0 Å². The highest BCUT2D eigenvalue weighted by Crippen LogP contribution is 2.30. The summed E-state index contributed by atoms with van der Waals surface area (Å²) >= 11 is 0. The molecular formula is C25H30N4O5S. The standard InChI is InChI=1S/C25H30N4O5S/c1-17-5-4-6-18(2)29(17)35(31,32)22-13-9-20(10-14-22)26-23(30)15-16-24-27-25(28-34-24)19-7-11-21(33-3)12-8-19/h7-14,17-18H,4-6,15-16H2,1-3H3,(H,26,30). The number of rotatable bonds is 8. The summed E-state index contributed by atoms with van der Waals surface area (Å²) in [6.45, 7) is 3.90. The van der Waals surface area contributed by atoms with Crippen LogP contribution in [-0.4, -0.2) is 48.0 Å². The Hall–Kier alpha value is -3.24. The number of aryl methyl sites for hydroxylation is 1. The van der Waals surface area contributed by atoms with Gasteiger partial charge in [-0.2, -0.15) is 9.29 Å². The molecular weight excluding hydrogens is 468 g/mol. The van der Waals surface area contributed by atoms with E-state index >= 15 is 0 Å². The second-order valence-electron chi connectivity index (χ2n) is 8.78. The highest BCUT2D eigenvalue weighted by molar-refractivity contribution is 7.89. The summed E-state index contributed by atoms with van der Waals surface area (Å²) < 4.78 is 38.3. The normalized spacial score (nSPS) is 18.8. The largest absolute Gasteiger partial charge is 0.497 e. The van der Waals surface area contributed by atoms with Gasteiger partial charge in [0.05, 0.1) is 12.0 Å². The van der Waals surface area contributed by atoms with Crippen LogP contribution in [0.3, 0.4) is 0 Å². The number of ether oxygens (including phenoxy) is 1. The van der Waals surface area contributed by atoms with Crippen LogP contribution < -0.4 is 10.1 Å². The fourth-order valence-electron chi connectivity index (χ4n) is 4.36. The number of sulfonamides is 1. The average Bonchev–Trinajstić information content (AvgIpc) is 3.32. The number of benzene rings is 2. The van der Waals surface area contributed by atoms with Crippen molar-refractivity contribution < 1.29 is 22.5 Å². The van der Waals surface area contributed by atoms with Crippen LogP contribution in [0, 0.1) is 0 Å². The van der Waals surface area contributed by atoms with Gasteiger partial charge in [-0.15, -0.1) is 0 Å². The lowest BCUT2D eigenvalue weighted by molar-refractivity contribution is -0.116. The Bertz CT molecular complexity index is 1250. The molecule has 35 heavy (non-hydrogen) atoms. The van der Waals surface area contributed by atoms with E-state index in [0.717, 1.165) is 30.6 Å². The van der Waals surface area contributed by atoms with Crippen molar-refractivity contribution in [2.24, 2.45) is 0 Å². The van der Waals surface area contributed by atoms with E-state index in [4.69, 9.17) is 9.26 Å². The van der Waals surface area contributed by atoms with Gasteiger partial charge in [0, 0.05) is 36.2 Å². The lowest BCUT2D eigenvalue weighted by Crippen LogP contribution is -2.47. The van der Waals surface area contributed by atoms with Crippen molar-refractivity contribution in [3.63, 3.8) is 0 Å². The Morgan fingerprint density at radius 1 is 1.09 bits per heavy atom. The minimum Gasteiger partial charge on any atom is -0.497 e. The number of amides is 1. The molecule has 2 heterocycles. The number of carbonyl (C=O) groups excluding carboxylic acids is 1. The summed E-state index contributed by atoms with van der Waals surface area (Å²) in [4.78, 5) is 17.0. The number of piperidine rings is 1. The summed E-state index contributed by atoms with van der Waals surface area (Å²) in [5, 5.41) is 6.75. The fraction of sp³-hybridized carbons (Fsp3) is 0.400. The number of nitrogens with one attached hydrogen (secondary N) is 1. The van der Waals surface area contributed by atoms with Crippen molar-refractivity contribution in [2.45, 2.75) is 62.9 Å². The van der Waals surface area contributed by atoms with Crippen LogP contribution in [-0.2, 0) is 21.2 Å². The number of methoxy groups -OCH3 is 1. The smallest absolute Gasteiger partial charge is 0.243 e. The zero-order chi connectivity index (χ0) is 25.0. The van der Waals surface area contributed by atoms with Gasteiger partial charge in [0.15, 0.2) is 0 Å². The zero-order valence-electron chi connectivity index (χ0n) is 20.1. The Balaban J connectivity index is 1.33. The molecule has 2 atom stereocenters. The van der Waals surface area contributed by atoms with Gasteiger partial charge in [-0.25, -0.2) is 8.42 Å². The second-order valence-corrected chi connectivity index (χ2v) is 10.6. The molecule has 3 aromatic rings. The topological polar surface area (TPSA) is 115 Å². The minimum absolute atomic E-state index is 0.0296. The third-order valence-electron chi connectivity index (χ3n) is 6.21. The van der Waals surface area contributed by atoms with Crippen LogP contribution in [0.2, 0.25) is 0 Å². The number of anilines is 1. The van der Waals surface area contributed by atoms with Gasteiger partial charge >= 0.3 is 0 Å². The van der Waals surface area contributed by atoms with Crippen molar-refractivity contribution in [3.8, 4) is 17.1 Å². The van der Waals surface area contributed by atoms with E-state index in [9.17, 15) is 13.2 Å². The van der Waals surface area contributed by atoms with Gasteiger partial charge in [0.1, 0.15) is 5.75 Å². The van der Waals surface area contributed by atoms with E-state index in [1.54, 1.807) is 23.5 Å². The lowest BCUT2D eigenvalue weighted by Gasteiger charge is -2.37. The first-order chi connectivity index (χ1) is 16.8. The molecule has 1 saturated heterocycles. The summed E-state index contributed by atoms with van der Waals surface area (Å²) in [6.07, 6.45) is 3.18. The molecule has 1 aliphatic heterocycles. The van der Waals surface area contributed by atoms with E-state index in [0.29, 0.717) is 17.4 Å². The molecule has 2 aromatic carbocycles. The van der Waals surface area contributed by atoms with Crippen molar-refractivity contribution >= 4 is 21.6 Å². The maximum atomic E-state index is 13.1. The molecule has 1 amide bonds. The molecule has 2 unspecified atom stereocenters. The molecule has 10 heteroatoms. The third kappa shape index (κ3) is 5.71. The molecule has 186 valence electrons. The average molecular weight is 499 g/mol. The highest BCUT2D eigenvalue weighted by atomic mass is 32.2. The zero-order valence-corrected chi connectivity index (χ0v) is 20.9. The van der Waals surface area contributed by atoms with Gasteiger partial charge in [-0.3, -0.25) is 4.79 Å². The van der Waals surface area contributed by atoms with Crippen molar-refractivity contribution in [1.82, 2.24) is 14.4 Å². The Morgan fingerprint density at radius 3 is 2.37 bits per heavy atom. The SMILES string of the molecule is COc1ccc(-c2noc(CCC(=O)Nc3ccc(S(=O)(=O)N4C(C)CCCC4C)cc3)n2)cc1. The van der Waals surface area contributed by atoms with Crippen LogP contribution in [0.1, 0.15) is 45.4 Å². The molecule has 1 fully saturated rings. The lowest BCUT2D eigenvalue weighted by atomic mass is 10.0. The van der Waals surface area contributed by atoms with Crippen LogP contribution >= 0.6 is 0 Å². The maximum Gasteiger partial charge on any atom is 0.243 e. The first-order valence-electron chi connectivity index (χ1n) is 11.7. The predicted octanol–water partition coefficient (Wildman–Crippen LogP) is 4.27. The van der Waals surface area contributed by atoms with Crippen molar-refractivity contribution in [2.75, 3.05) is 12.4 Å². The third-order valence-corrected chi connectivity index (χ3v) is 8.35. The van der Waals surface area contributed by atoms with Gasteiger partial charge in [-0.05, 0) is 75.2 Å². The Kier molecular flexibility index (Phi) is 7.51. The minimum atomic E-state index is -3.59. The quantitative estimate of drug-likeness (QED) is 0.493. The van der Waals surface area contributed by atoms with Crippen LogP contribution in [0.25, 0.3) is 11.4 Å². The number of hydrogen-bond donors (Lipinski definition) is 1. The fourth-order valence-corrected chi connectivity index (χ4v) is 6.24. The predicted molar refractivity (Wildman–Crippen MR) is 131 cm³/mol. The van der Waals surface area contributed by atoms with E-state index in [2.05, 4.69) is 15.5 Å². The first kappa shape index (κ1) is 24.9. The summed E-state index contributed by atoms with van der Waals surface area (Å²) in [6, 6.07) is 13.5.